The van der Waals surface area contributed by atoms with Crippen molar-refractivity contribution in [3.63, 3.8) is 0 Å². The second-order valence-corrected chi connectivity index (χ2v) is 5.68. The van der Waals surface area contributed by atoms with Crippen LogP contribution in [-0.4, -0.2) is 24.3 Å². The number of halogens is 1. The molecule has 2 rings (SSSR count). The fourth-order valence-corrected chi connectivity index (χ4v) is 2.84. The first-order chi connectivity index (χ1) is 11.6. The zero-order valence-electron chi connectivity index (χ0n) is 13.8. The molecule has 128 valence electrons. The summed E-state index contributed by atoms with van der Waals surface area (Å²) in [5.41, 5.74) is 1.55. The van der Waals surface area contributed by atoms with E-state index in [4.69, 9.17) is 21.1 Å². The topological polar surface area (TPSA) is 55.8 Å². The first-order valence-electron chi connectivity index (χ1n) is 7.92. The van der Waals surface area contributed by atoms with Crippen molar-refractivity contribution in [2.45, 2.75) is 26.2 Å². The van der Waals surface area contributed by atoms with Gasteiger partial charge in [-0.3, -0.25) is 4.79 Å². The fourth-order valence-electron chi connectivity index (χ4n) is 2.56. The Morgan fingerprint density at radius 2 is 1.79 bits per heavy atom. The number of ether oxygens (including phenoxy) is 2. The summed E-state index contributed by atoms with van der Waals surface area (Å²) in [6.07, 6.45) is 0.325. The Morgan fingerprint density at radius 3 is 2.38 bits per heavy atom. The molecule has 5 heteroatoms. The van der Waals surface area contributed by atoms with Gasteiger partial charge in [0.25, 0.3) is 0 Å². The van der Waals surface area contributed by atoms with Crippen LogP contribution in [0.2, 0.25) is 5.02 Å². The Balaban J connectivity index is 2.35. The van der Waals surface area contributed by atoms with Crippen LogP contribution in [0, 0.1) is 0 Å². The van der Waals surface area contributed by atoms with Gasteiger partial charge < -0.3 is 14.6 Å². The predicted octanol–water partition coefficient (Wildman–Crippen LogP) is 4.55. The van der Waals surface area contributed by atoms with E-state index < -0.39 is 11.9 Å². The maximum absolute atomic E-state index is 11.7. The minimum Gasteiger partial charge on any atom is -0.490 e. The molecule has 0 aliphatic rings. The van der Waals surface area contributed by atoms with E-state index in [0.717, 1.165) is 11.1 Å². The average molecular weight is 349 g/mol. The highest BCUT2D eigenvalue weighted by molar-refractivity contribution is 6.32. The number of hydrogen-bond donors (Lipinski definition) is 1. The number of hydrogen-bond acceptors (Lipinski definition) is 3. The zero-order chi connectivity index (χ0) is 17.5. The van der Waals surface area contributed by atoms with Crippen LogP contribution in [0.1, 0.15) is 30.9 Å². The lowest BCUT2D eigenvalue weighted by atomic mass is 9.92. The molecule has 0 aliphatic heterocycles. The zero-order valence-corrected chi connectivity index (χ0v) is 14.5. The Bertz CT molecular complexity index is 685. The van der Waals surface area contributed by atoms with E-state index in [1.165, 1.54) is 0 Å². The molecule has 1 atom stereocenters. The number of aliphatic carboxylic acids is 1. The fraction of sp³-hybridized carbons (Fsp3) is 0.316. The third-order valence-electron chi connectivity index (χ3n) is 3.60. The van der Waals surface area contributed by atoms with E-state index >= 15 is 0 Å². The number of carboxylic acid groups (broad SMARTS) is 1. The first-order valence-corrected chi connectivity index (χ1v) is 8.30. The number of benzene rings is 2. The van der Waals surface area contributed by atoms with Crippen molar-refractivity contribution < 1.29 is 19.4 Å². The van der Waals surface area contributed by atoms with Crippen molar-refractivity contribution in [1.82, 2.24) is 0 Å². The lowest BCUT2D eigenvalue weighted by Crippen LogP contribution is -2.14. The highest BCUT2D eigenvalue weighted by Crippen LogP contribution is 2.38. The number of rotatable bonds is 8. The van der Waals surface area contributed by atoms with Gasteiger partial charge >= 0.3 is 5.97 Å². The molecule has 4 nitrogen and oxygen atoms in total. The van der Waals surface area contributed by atoms with Crippen molar-refractivity contribution in [3.05, 3.63) is 58.6 Å². The van der Waals surface area contributed by atoms with E-state index in [1.54, 1.807) is 12.1 Å². The van der Waals surface area contributed by atoms with Crippen molar-refractivity contribution >= 4 is 17.6 Å². The summed E-state index contributed by atoms with van der Waals surface area (Å²) in [6, 6.07) is 12.7. The summed E-state index contributed by atoms with van der Waals surface area (Å²) in [5.74, 6) is -0.478. The standard InChI is InChI=1S/C19H21ClO4/c1-3-23-17-12-13(11-16(20)18(17)24-4-2)10-15(19(21)22)14-8-6-5-7-9-14/h5-9,11-12,15H,3-4,10H2,1-2H3,(H,21,22). The minimum absolute atomic E-state index is 0.325. The van der Waals surface area contributed by atoms with Gasteiger partial charge in [-0.2, -0.15) is 0 Å². The van der Waals surface area contributed by atoms with E-state index in [9.17, 15) is 9.90 Å². The van der Waals surface area contributed by atoms with Gasteiger partial charge in [0.15, 0.2) is 11.5 Å². The van der Waals surface area contributed by atoms with Crippen LogP contribution in [0.15, 0.2) is 42.5 Å². The van der Waals surface area contributed by atoms with Crippen LogP contribution in [0.3, 0.4) is 0 Å². The van der Waals surface area contributed by atoms with Crippen LogP contribution < -0.4 is 9.47 Å². The normalized spacial score (nSPS) is 11.8. The van der Waals surface area contributed by atoms with Gasteiger partial charge in [0, 0.05) is 0 Å². The summed E-state index contributed by atoms with van der Waals surface area (Å²) < 4.78 is 11.1. The summed E-state index contributed by atoms with van der Waals surface area (Å²) in [7, 11) is 0. The second-order valence-electron chi connectivity index (χ2n) is 5.28. The Morgan fingerprint density at radius 1 is 1.12 bits per heavy atom. The lowest BCUT2D eigenvalue weighted by molar-refractivity contribution is -0.138. The number of carbonyl (C=O) groups is 1. The molecule has 0 saturated carbocycles. The Labute approximate surface area is 147 Å². The quantitative estimate of drug-likeness (QED) is 0.760. The molecule has 0 fully saturated rings. The summed E-state index contributed by atoms with van der Waals surface area (Å²) in [4.78, 5) is 11.7. The molecular formula is C19H21ClO4. The molecule has 0 saturated heterocycles. The van der Waals surface area contributed by atoms with Gasteiger partial charge in [0.2, 0.25) is 0 Å². The van der Waals surface area contributed by atoms with Crippen LogP contribution in [0.5, 0.6) is 11.5 Å². The van der Waals surface area contributed by atoms with Crippen molar-refractivity contribution in [3.8, 4) is 11.5 Å². The highest BCUT2D eigenvalue weighted by atomic mass is 35.5. The smallest absolute Gasteiger partial charge is 0.311 e. The summed E-state index contributed by atoms with van der Waals surface area (Å²) in [5, 5.41) is 10.0. The molecule has 0 bridgehead atoms. The van der Waals surface area contributed by atoms with Crippen molar-refractivity contribution in [2.24, 2.45) is 0 Å². The van der Waals surface area contributed by atoms with Crippen LogP contribution in [0.25, 0.3) is 0 Å². The first kappa shape index (κ1) is 18.1. The molecule has 0 heterocycles. The van der Waals surface area contributed by atoms with Crippen molar-refractivity contribution in [1.29, 1.82) is 0 Å². The molecule has 1 unspecified atom stereocenters. The highest BCUT2D eigenvalue weighted by Gasteiger charge is 2.22. The Kier molecular flexibility index (Phi) is 6.50. The SMILES string of the molecule is CCOc1cc(CC(C(=O)O)c2ccccc2)cc(Cl)c1OCC. The molecule has 2 aromatic rings. The van der Waals surface area contributed by atoms with E-state index in [1.807, 2.05) is 44.2 Å². The summed E-state index contributed by atoms with van der Waals surface area (Å²) in [6.45, 7) is 4.69. The van der Waals surface area contributed by atoms with Crippen LogP contribution in [-0.2, 0) is 11.2 Å². The van der Waals surface area contributed by atoms with Gasteiger partial charge in [-0.05, 0) is 43.5 Å². The van der Waals surface area contributed by atoms with Gasteiger partial charge in [-0.25, -0.2) is 0 Å². The van der Waals surface area contributed by atoms with Gasteiger partial charge in [0.05, 0.1) is 24.2 Å². The third kappa shape index (κ3) is 4.42. The van der Waals surface area contributed by atoms with Gasteiger partial charge in [-0.1, -0.05) is 41.9 Å². The minimum atomic E-state index is -0.871. The van der Waals surface area contributed by atoms with Crippen LogP contribution in [0.4, 0.5) is 0 Å². The molecule has 0 amide bonds. The van der Waals surface area contributed by atoms with E-state index in [-0.39, 0.29) is 0 Å². The molecule has 1 N–H and O–H groups in total. The second kappa shape index (κ2) is 8.60. The molecule has 0 aromatic heterocycles. The molecule has 0 radical (unpaired) electrons. The molecule has 2 aromatic carbocycles. The third-order valence-corrected chi connectivity index (χ3v) is 3.88. The molecular weight excluding hydrogens is 328 g/mol. The maximum atomic E-state index is 11.7. The monoisotopic (exact) mass is 348 g/mol. The number of carboxylic acids is 1. The lowest BCUT2D eigenvalue weighted by Gasteiger charge is -2.17. The predicted molar refractivity (Wildman–Crippen MR) is 94.3 cm³/mol. The van der Waals surface area contributed by atoms with E-state index in [0.29, 0.717) is 36.2 Å². The van der Waals surface area contributed by atoms with Gasteiger partial charge in [-0.15, -0.1) is 0 Å². The largest absolute Gasteiger partial charge is 0.490 e. The molecule has 0 spiro atoms. The maximum Gasteiger partial charge on any atom is 0.311 e. The molecule has 24 heavy (non-hydrogen) atoms. The molecule has 0 aliphatic carbocycles. The Hall–Kier alpha value is -2.20. The van der Waals surface area contributed by atoms with Crippen LogP contribution >= 0.6 is 11.6 Å². The van der Waals surface area contributed by atoms with Crippen molar-refractivity contribution in [2.75, 3.05) is 13.2 Å². The van der Waals surface area contributed by atoms with Gasteiger partial charge in [0.1, 0.15) is 0 Å². The average Bonchev–Trinajstić information content (AvgIpc) is 2.56. The summed E-state index contributed by atoms with van der Waals surface area (Å²) >= 11 is 6.31. The van der Waals surface area contributed by atoms with E-state index in [2.05, 4.69) is 0 Å².